The zero-order valence-corrected chi connectivity index (χ0v) is 11.6. The van der Waals surface area contributed by atoms with Gasteiger partial charge in [0.15, 0.2) is 0 Å². The van der Waals surface area contributed by atoms with Crippen LogP contribution in [0.15, 0.2) is 48.9 Å². The highest BCUT2D eigenvalue weighted by atomic mass is 16.1. The summed E-state index contributed by atoms with van der Waals surface area (Å²) in [6, 6.07) is 9.25. The van der Waals surface area contributed by atoms with Gasteiger partial charge in [-0.25, -0.2) is 0 Å². The quantitative estimate of drug-likeness (QED) is 0.798. The van der Waals surface area contributed by atoms with Crippen molar-refractivity contribution >= 4 is 16.8 Å². The van der Waals surface area contributed by atoms with E-state index >= 15 is 0 Å². The van der Waals surface area contributed by atoms with Crippen LogP contribution in [-0.2, 0) is 6.54 Å². The van der Waals surface area contributed by atoms with Crippen molar-refractivity contribution in [3.8, 4) is 0 Å². The van der Waals surface area contributed by atoms with Crippen LogP contribution < -0.4 is 5.32 Å². The van der Waals surface area contributed by atoms with Crippen LogP contribution in [0.5, 0.6) is 0 Å². The first-order valence-electron chi connectivity index (χ1n) is 6.63. The SMILES string of the molecule is Cc1nc2ccncc2cc1C(=O)NCc1ccccn1. The third kappa shape index (κ3) is 2.86. The van der Waals surface area contributed by atoms with Crippen molar-refractivity contribution in [3.63, 3.8) is 0 Å². The van der Waals surface area contributed by atoms with Crippen LogP contribution in [0.2, 0.25) is 0 Å². The van der Waals surface area contributed by atoms with Crippen LogP contribution in [0.25, 0.3) is 10.9 Å². The zero-order valence-electron chi connectivity index (χ0n) is 11.6. The molecular formula is C16H14N4O. The highest BCUT2D eigenvalue weighted by Crippen LogP contribution is 2.15. The number of nitrogens with one attached hydrogen (secondary N) is 1. The lowest BCUT2D eigenvalue weighted by Crippen LogP contribution is -2.24. The first kappa shape index (κ1) is 13.2. The number of aromatic nitrogens is 3. The molecule has 0 aliphatic rings. The summed E-state index contributed by atoms with van der Waals surface area (Å²) in [5, 5.41) is 3.71. The number of nitrogens with zero attached hydrogens (tertiary/aromatic N) is 3. The molecule has 5 nitrogen and oxygen atoms in total. The van der Waals surface area contributed by atoms with E-state index in [-0.39, 0.29) is 5.91 Å². The van der Waals surface area contributed by atoms with E-state index in [2.05, 4.69) is 20.3 Å². The minimum absolute atomic E-state index is 0.156. The van der Waals surface area contributed by atoms with Crippen LogP contribution in [0, 0.1) is 6.92 Å². The predicted octanol–water partition coefficient (Wildman–Crippen LogP) is 2.26. The fourth-order valence-electron chi connectivity index (χ4n) is 2.11. The molecule has 1 amide bonds. The first-order valence-corrected chi connectivity index (χ1v) is 6.63. The number of aryl methyl sites for hydroxylation is 1. The molecule has 1 N–H and O–H groups in total. The molecule has 0 aliphatic heterocycles. The van der Waals surface area contributed by atoms with E-state index in [1.54, 1.807) is 18.6 Å². The van der Waals surface area contributed by atoms with Gasteiger partial charge in [-0.3, -0.25) is 19.7 Å². The summed E-state index contributed by atoms with van der Waals surface area (Å²) in [6.45, 7) is 2.22. The average molecular weight is 278 g/mol. The summed E-state index contributed by atoms with van der Waals surface area (Å²) in [6.07, 6.45) is 5.10. The molecule has 0 bridgehead atoms. The summed E-state index contributed by atoms with van der Waals surface area (Å²) in [4.78, 5) is 24.9. The van der Waals surface area contributed by atoms with Crippen molar-refractivity contribution in [2.75, 3.05) is 0 Å². The van der Waals surface area contributed by atoms with E-state index in [9.17, 15) is 4.79 Å². The number of rotatable bonds is 3. The van der Waals surface area contributed by atoms with Gasteiger partial charge in [-0.05, 0) is 31.2 Å². The van der Waals surface area contributed by atoms with E-state index in [0.717, 1.165) is 16.6 Å². The summed E-state index contributed by atoms with van der Waals surface area (Å²) in [7, 11) is 0. The van der Waals surface area contributed by atoms with Gasteiger partial charge in [-0.15, -0.1) is 0 Å². The largest absolute Gasteiger partial charge is 0.346 e. The number of carbonyl (C=O) groups excluding carboxylic acids is 1. The summed E-state index contributed by atoms with van der Waals surface area (Å²) in [5.74, 6) is -0.156. The molecule has 0 radical (unpaired) electrons. The second-order valence-corrected chi connectivity index (χ2v) is 4.69. The van der Waals surface area contributed by atoms with Crippen molar-refractivity contribution < 1.29 is 4.79 Å². The first-order chi connectivity index (χ1) is 10.2. The zero-order chi connectivity index (χ0) is 14.7. The number of carbonyl (C=O) groups is 1. The highest BCUT2D eigenvalue weighted by Gasteiger charge is 2.11. The van der Waals surface area contributed by atoms with Crippen LogP contribution in [0.4, 0.5) is 0 Å². The topological polar surface area (TPSA) is 67.8 Å². The average Bonchev–Trinajstić information content (AvgIpc) is 2.53. The van der Waals surface area contributed by atoms with Gasteiger partial charge in [0.1, 0.15) is 0 Å². The van der Waals surface area contributed by atoms with Gasteiger partial charge >= 0.3 is 0 Å². The van der Waals surface area contributed by atoms with Crippen molar-refractivity contribution in [1.82, 2.24) is 20.3 Å². The van der Waals surface area contributed by atoms with Gasteiger partial charge in [0.25, 0.3) is 5.91 Å². The van der Waals surface area contributed by atoms with Crippen LogP contribution >= 0.6 is 0 Å². The Morgan fingerprint density at radius 3 is 2.95 bits per heavy atom. The van der Waals surface area contributed by atoms with E-state index in [0.29, 0.717) is 17.8 Å². The standard InChI is InChI=1S/C16H14N4O/c1-11-14(8-12-9-17-7-5-15(12)20-11)16(21)19-10-13-4-2-3-6-18-13/h2-9H,10H2,1H3,(H,19,21). The minimum Gasteiger partial charge on any atom is -0.346 e. The number of amides is 1. The van der Waals surface area contributed by atoms with Gasteiger partial charge < -0.3 is 5.32 Å². The monoisotopic (exact) mass is 278 g/mol. The molecule has 3 heterocycles. The molecule has 3 aromatic rings. The Bertz CT molecular complexity index is 787. The van der Waals surface area contributed by atoms with E-state index in [1.807, 2.05) is 37.3 Å². The molecule has 3 rings (SSSR count). The van der Waals surface area contributed by atoms with Crippen LogP contribution in [0.3, 0.4) is 0 Å². The Kier molecular flexibility index (Phi) is 3.55. The Hall–Kier alpha value is -2.82. The molecule has 104 valence electrons. The lowest BCUT2D eigenvalue weighted by molar-refractivity contribution is 0.0949. The third-order valence-electron chi connectivity index (χ3n) is 3.21. The fraction of sp³-hybridized carbons (Fsp3) is 0.125. The molecule has 0 saturated carbocycles. The fourth-order valence-corrected chi connectivity index (χ4v) is 2.11. The van der Waals surface area contributed by atoms with Gasteiger partial charge in [-0.2, -0.15) is 0 Å². The lowest BCUT2D eigenvalue weighted by Gasteiger charge is -2.08. The van der Waals surface area contributed by atoms with E-state index in [4.69, 9.17) is 0 Å². The van der Waals surface area contributed by atoms with Gasteiger partial charge in [-0.1, -0.05) is 6.07 Å². The highest BCUT2D eigenvalue weighted by molar-refractivity contribution is 5.98. The van der Waals surface area contributed by atoms with Crippen molar-refractivity contribution in [2.24, 2.45) is 0 Å². The van der Waals surface area contributed by atoms with Gasteiger partial charge in [0, 0.05) is 24.0 Å². The molecule has 0 unspecified atom stereocenters. The molecular weight excluding hydrogens is 264 g/mol. The Morgan fingerprint density at radius 2 is 2.14 bits per heavy atom. The van der Waals surface area contributed by atoms with Crippen molar-refractivity contribution in [2.45, 2.75) is 13.5 Å². The molecule has 0 atom stereocenters. The van der Waals surface area contributed by atoms with Crippen molar-refractivity contribution in [1.29, 1.82) is 0 Å². The number of hydrogen-bond donors (Lipinski definition) is 1. The van der Waals surface area contributed by atoms with Gasteiger partial charge in [0.05, 0.1) is 29.0 Å². The Labute approximate surface area is 122 Å². The maximum absolute atomic E-state index is 12.3. The van der Waals surface area contributed by atoms with Crippen LogP contribution in [0.1, 0.15) is 21.7 Å². The number of fused-ring (bicyclic) bond motifs is 1. The maximum Gasteiger partial charge on any atom is 0.253 e. The van der Waals surface area contributed by atoms with Gasteiger partial charge in [0.2, 0.25) is 0 Å². The molecule has 0 saturated heterocycles. The van der Waals surface area contributed by atoms with E-state index < -0.39 is 0 Å². The minimum atomic E-state index is -0.156. The summed E-state index contributed by atoms with van der Waals surface area (Å²) >= 11 is 0. The Balaban J connectivity index is 1.82. The smallest absolute Gasteiger partial charge is 0.253 e. The molecule has 0 fully saturated rings. The Morgan fingerprint density at radius 1 is 1.24 bits per heavy atom. The summed E-state index contributed by atoms with van der Waals surface area (Å²) < 4.78 is 0. The molecule has 0 spiro atoms. The normalized spacial score (nSPS) is 10.5. The van der Waals surface area contributed by atoms with Crippen molar-refractivity contribution in [3.05, 3.63) is 65.9 Å². The predicted molar refractivity (Wildman–Crippen MR) is 79.7 cm³/mol. The maximum atomic E-state index is 12.3. The molecule has 3 aromatic heterocycles. The second-order valence-electron chi connectivity index (χ2n) is 4.69. The number of pyridine rings is 3. The van der Waals surface area contributed by atoms with Crippen LogP contribution in [-0.4, -0.2) is 20.9 Å². The number of hydrogen-bond acceptors (Lipinski definition) is 4. The third-order valence-corrected chi connectivity index (χ3v) is 3.21. The summed E-state index contributed by atoms with van der Waals surface area (Å²) in [5.41, 5.74) is 2.92. The lowest BCUT2D eigenvalue weighted by atomic mass is 10.1. The second kappa shape index (κ2) is 5.66. The molecule has 0 aromatic carbocycles. The molecule has 0 aliphatic carbocycles. The molecule has 21 heavy (non-hydrogen) atoms. The molecule has 5 heteroatoms. The van der Waals surface area contributed by atoms with E-state index in [1.165, 1.54) is 0 Å².